The van der Waals surface area contributed by atoms with E-state index < -0.39 is 0 Å². The van der Waals surface area contributed by atoms with Crippen LogP contribution in [0.5, 0.6) is 0 Å². The molecule has 4 nitrogen and oxygen atoms in total. The Bertz CT molecular complexity index is 1250. The second-order valence-electron chi connectivity index (χ2n) is 7.88. The third-order valence-electron chi connectivity index (χ3n) is 6.16. The molecule has 6 heteroatoms. The summed E-state index contributed by atoms with van der Waals surface area (Å²) < 4.78 is 0. The monoisotopic (exact) mass is 419 g/mol. The van der Waals surface area contributed by atoms with Crippen molar-refractivity contribution in [2.75, 3.05) is 6.54 Å². The highest BCUT2D eigenvalue weighted by Gasteiger charge is 2.30. The zero-order chi connectivity index (χ0) is 19.4. The first-order valence-electron chi connectivity index (χ1n) is 10.2. The summed E-state index contributed by atoms with van der Waals surface area (Å²) in [5.74, 6) is 0.780. The highest BCUT2D eigenvalue weighted by molar-refractivity contribution is 7.18. The summed E-state index contributed by atoms with van der Waals surface area (Å²) >= 11 is 3.57. The van der Waals surface area contributed by atoms with E-state index in [0.717, 1.165) is 48.3 Å². The van der Waals surface area contributed by atoms with Crippen LogP contribution < -0.4 is 5.56 Å². The minimum atomic E-state index is 0.0360. The highest BCUT2D eigenvalue weighted by Crippen LogP contribution is 2.39. The van der Waals surface area contributed by atoms with Gasteiger partial charge in [-0.05, 0) is 53.8 Å². The molecule has 0 spiro atoms. The average Bonchev–Trinajstić information content (AvgIpc) is 3.43. The van der Waals surface area contributed by atoms with E-state index in [2.05, 4.69) is 51.7 Å². The molecule has 1 aliphatic carbocycles. The summed E-state index contributed by atoms with van der Waals surface area (Å²) in [7, 11) is 0. The van der Waals surface area contributed by atoms with Gasteiger partial charge in [-0.3, -0.25) is 9.69 Å². The van der Waals surface area contributed by atoms with Crippen LogP contribution in [0.4, 0.5) is 0 Å². The van der Waals surface area contributed by atoms with Gasteiger partial charge in [0.25, 0.3) is 5.56 Å². The number of nitrogens with one attached hydrogen (secondary N) is 1. The second-order valence-corrected chi connectivity index (χ2v) is 9.97. The molecule has 1 N–H and O–H groups in total. The van der Waals surface area contributed by atoms with Crippen LogP contribution in [-0.4, -0.2) is 21.4 Å². The van der Waals surface area contributed by atoms with Crippen molar-refractivity contribution in [3.8, 4) is 0 Å². The molecule has 6 rings (SSSR count). The van der Waals surface area contributed by atoms with Crippen molar-refractivity contribution in [2.24, 2.45) is 0 Å². The predicted octanol–water partition coefficient (Wildman–Crippen LogP) is 4.68. The van der Waals surface area contributed by atoms with Crippen molar-refractivity contribution < 1.29 is 0 Å². The minimum absolute atomic E-state index is 0.0360. The van der Waals surface area contributed by atoms with Gasteiger partial charge in [0.15, 0.2) is 0 Å². The van der Waals surface area contributed by atoms with Gasteiger partial charge in [0.1, 0.15) is 10.7 Å². The molecule has 0 radical (unpaired) electrons. The zero-order valence-electron chi connectivity index (χ0n) is 16.0. The Morgan fingerprint density at radius 2 is 2.00 bits per heavy atom. The van der Waals surface area contributed by atoms with Crippen LogP contribution in [0.1, 0.15) is 44.7 Å². The maximum absolute atomic E-state index is 12.9. The van der Waals surface area contributed by atoms with Crippen molar-refractivity contribution in [3.63, 3.8) is 0 Å². The molecule has 4 heterocycles. The Morgan fingerprint density at radius 3 is 2.90 bits per heavy atom. The molecule has 146 valence electrons. The topological polar surface area (TPSA) is 49.0 Å². The fourth-order valence-electron chi connectivity index (χ4n) is 4.88. The van der Waals surface area contributed by atoms with E-state index in [9.17, 15) is 4.79 Å². The largest absolute Gasteiger partial charge is 0.309 e. The van der Waals surface area contributed by atoms with Crippen LogP contribution in [-0.2, 0) is 25.8 Å². The van der Waals surface area contributed by atoms with E-state index in [1.165, 1.54) is 26.4 Å². The quantitative estimate of drug-likeness (QED) is 0.524. The van der Waals surface area contributed by atoms with Crippen LogP contribution in [0.25, 0.3) is 10.2 Å². The van der Waals surface area contributed by atoms with Gasteiger partial charge in [-0.25, -0.2) is 4.98 Å². The summed E-state index contributed by atoms with van der Waals surface area (Å²) in [6, 6.07) is 13.1. The SMILES string of the molecule is O=c1[nH]c(CN2CCc3sccc3C2c2ccccc2)nc2sc3c(c12)CCC3. The van der Waals surface area contributed by atoms with E-state index in [0.29, 0.717) is 6.54 Å². The molecule has 3 aromatic heterocycles. The van der Waals surface area contributed by atoms with E-state index in [-0.39, 0.29) is 11.6 Å². The fourth-order valence-corrected chi connectivity index (χ4v) is 7.06. The normalized spacial score (nSPS) is 18.8. The number of hydrogen-bond donors (Lipinski definition) is 1. The maximum atomic E-state index is 12.9. The Morgan fingerprint density at radius 1 is 1.10 bits per heavy atom. The molecule has 4 aromatic rings. The third-order valence-corrected chi connectivity index (χ3v) is 8.34. The number of rotatable bonds is 3. The summed E-state index contributed by atoms with van der Waals surface area (Å²) in [6.45, 7) is 1.62. The van der Waals surface area contributed by atoms with Crippen molar-refractivity contribution >= 4 is 32.9 Å². The molecule has 1 unspecified atom stereocenters. The van der Waals surface area contributed by atoms with Crippen molar-refractivity contribution in [2.45, 2.75) is 38.3 Å². The molecule has 1 aliphatic heterocycles. The first-order chi connectivity index (χ1) is 14.3. The maximum Gasteiger partial charge on any atom is 0.259 e. The number of aromatic amines is 1. The number of aromatic nitrogens is 2. The molecule has 2 aliphatic rings. The van der Waals surface area contributed by atoms with Gasteiger partial charge in [0.2, 0.25) is 0 Å². The molecular formula is C23H21N3OS2. The summed E-state index contributed by atoms with van der Waals surface area (Å²) in [6.07, 6.45) is 4.32. The van der Waals surface area contributed by atoms with Gasteiger partial charge >= 0.3 is 0 Å². The summed E-state index contributed by atoms with van der Waals surface area (Å²) in [5, 5.41) is 3.04. The Labute approximate surface area is 176 Å². The van der Waals surface area contributed by atoms with Gasteiger partial charge in [0, 0.05) is 16.3 Å². The standard InChI is InChI=1S/C23H21N3OS2/c27-22-20-15-7-4-8-18(15)29-23(20)25-19(24-22)13-26-11-9-17-16(10-12-28-17)21(26)14-5-2-1-3-6-14/h1-3,5-6,10,12,21H,4,7-9,11,13H2,(H,24,25,27). The number of thiophene rings is 2. The number of H-pyrrole nitrogens is 1. The van der Waals surface area contributed by atoms with Crippen LogP contribution >= 0.6 is 22.7 Å². The molecule has 0 saturated carbocycles. The van der Waals surface area contributed by atoms with Gasteiger partial charge in [-0.2, -0.15) is 0 Å². The van der Waals surface area contributed by atoms with E-state index >= 15 is 0 Å². The molecular weight excluding hydrogens is 398 g/mol. The lowest BCUT2D eigenvalue weighted by Crippen LogP contribution is -2.35. The molecule has 1 atom stereocenters. The Balaban J connectivity index is 1.40. The van der Waals surface area contributed by atoms with Crippen LogP contribution in [0.3, 0.4) is 0 Å². The molecule has 0 bridgehead atoms. The summed E-state index contributed by atoms with van der Waals surface area (Å²) in [4.78, 5) is 27.1. The van der Waals surface area contributed by atoms with E-state index in [4.69, 9.17) is 4.98 Å². The van der Waals surface area contributed by atoms with Gasteiger partial charge in [-0.1, -0.05) is 30.3 Å². The first-order valence-corrected chi connectivity index (χ1v) is 11.9. The number of aryl methyl sites for hydroxylation is 2. The van der Waals surface area contributed by atoms with Gasteiger partial charge in [-0.15, -0.1) is 22.7 Å². The van der Waals surface area contributed by atoms with E-state index in [1.54, 1.807) is 11.3 Å². The van der Waals surface area contributed by atoms with Crippen molar-refractivity contribution in [1.82, 2.24) is 14.9 Å². The van der Waals surface area contributed by atoms with Crippen LogP contribution in [0.2, 0.25) is 0 Å². The minimum Gasteiger partial charge on any atom is -0.309 e. The Hall–Kier alpha value is -2.28. The first kappa shape index (κ1) is 17.6. The molecule has 0 saturated heterocycles. The van der Waals surface area contributed by atoms with Crippen molar-refractivity contribution in [1.29, 1.82) is 0 Å². The highest BCUT2D eigenvalue weighted by atomic mass is 32.1. The second kappa shape index (κ2) is 6.90. The van der Waals surface area contributed by atoms with Crippen molar-refractivity contribution in [3.05, 3.63) is 84.4 Å². The molecule has 29 heavy (non-hydrogen) atoms. The number of hydrogen-bond acceptors (Lipinski definition) is 5. The molecule has 1 aromatic carbocycles. The third kappa shape index (κ3) is 2.89. The fraction of sp³-hybridized carbons (Fsp3) is 0.304. The lowest BCUT2D eigenvalue weighted by Gasteiger charge is -2.35. The lowest BCUT2D eigenvalue weighted by atomic mass is 9.93. The Kier molecular flexibility index (Phi) is 4.18. The number of nitrogens with zero attached hydrogens (tertiary/aromatic N) is 2. The zero-order valence-corrected chi connectivity index (χ0v) is 17.6. The predicted molar refractivity (Wildman–Crippen MR) is 119 cm³/mol. The number of benzene rings is 1. The van der Waals surface area contributed by atoms with E-state index in [1.807, 2.05) is 11.3 Å². The lowest BCUT2D eigenvalue weighted by molar-refractivity contribution is 0.201. The summed E-state index contributed by atoms with van der Waals surface area (Å²) in [5.41, 5.74) is 3.97. The van der Waals surface area contributed by atoms with Gasteiger partial charge < -0.3 is 4.98 Å². The molecule has 0 fully saturated rings. The average molecular weight is 420 g/mol. The van der Waals surface area contributed by atoms with Gasteiger partial charge in [0.05, 0.1) is 18.0 Å². The van der Waals surface area contributed by atoms with Crippen LogP contribution in [0.15, 0.2) is 46.6 Å². The molecule has 0 amide bonds. The number of fused-ring (bicyclic) bond motifs is 4. The smallest absolute Gasteiger partial charge is 0.259 e. The van der Waals surface area contributed by atoms with Crippen LogP contribution in [0, 0.1) is 0 Å².